The van der Waals surface area contributed by atoms with Gasteiger partial charge in [-0.15, -0.1) is 0 Å². The van der Waals surface area contributed by atoms with Crippen molar-refractivity contribution in [2.45, 2.75) is 13.5 Å². The largest absolute Gasteiger partial charge is 0.493 e. The van der Waals surface area contributed by atoms with Crippen LogP contribution in [0.4, 0.5) is 0 Å². The highest BCUT2D eigenvalue weighted by molar-refractivity contribution is 5.53. The summed E-state index contributed by atoms with van der Waals surface area (Å²) in [7, 11) is 3.19. The number of nitrogens with one attached hydrogen (secondary N) is 1. The molecular formula is C16H20N2O3. The van der Waals surface area contributed by atoms with Crippen LogP contribution in [-0.4, -0.2) is 25.7 Å². The fourth-order valence-corrected chi connectivity index (χ4v) is 1.92. The summed E-state index contributed by atoms with van der Waals surface area (Å²) in [5.41, 5.74) is 0.979. The third-order valence-electron chi connectivity index (χ3n) is 3.00. The molecule has 0 radical (unpaired) electrons. The third kappa shape index (κ3) is 3.64. The molecule has 0 spiro atoms. The van der Waals surface area contributed by atoms with Gasteiger partial charge in [0.25, 0.3) is 0 Å². The average molecular weight is 288 g/mol. The van der Waals surface area contributed by atoms with Gasteiger partial charge in [-0.2, -0.15) is 0 Å². The molecule has 1 N–H and O–H groups in total. The molecule has 2 rings (SSSR count). The molecule has 0 atom stereocenters. The standard InChI is InChI=1S/C16H20N2O3/c1-4-17-11-12-7-6-10-18-16(12)21-15-13(19-2)8-5-9-14(15)20-3/h5-10,17H,4,11H2,1-3H3. The number of hydrogen-bond acceptors (Lipinski definition) is 5. The van der Waals surface area contributed by atoms with Crippen LogP contribution >= 0.6 is 0 Å². The number of aromatic nitrogens is 1. The van der Waals surface area contributed by atoms with Gasteiger partial charge in [-0.3, -0.25) is 0 Å². The second kappa shape index (κ2) is 7.50. The minimum atomic E-state index is 0.527. The van der Waals surface area contributed by atoms with Crippen molar-refractivity contribution in [1.29, 1.82) is 0 Å². The molecule has 5 nitrogen and oxygen atoms in total. The molecule has 1 aromatic carbocycles. The van der Waals surface area contributed by atoms with E-state index in [9.17, 15) is 0 Å². The summed E-state index contributed by atoms with van der Waals surface area (Å²) in [5, 5.41) is 3.27. The molecular weight excluding hydrogens is 268 g/mol. The first kappa shape index (κ1) is 15.1. The molecule has 0 aliphatic heterocycles. The smallest absolute Gasteiger partial charge is 0.224 e. The van der Waals surface area contributed by atoms with E-state index in [0.717, 1.165) is 12.1 Å². The lowest BCUT2D eigenvalue weighted by Crippen LogP contribution is -2.12. The molecule has 0 bridgehead atoms. The van der Waals surface area contributed by atoms with Gasteiger partial charge < -0.3 is 19.5 Å². The van der Waals surface area contributed by atoms with Crippen LogP contribution in [0.25, 0.3) is 0 Å². The van der Waals surface area contributed by atoms with Gasteiger partial charge in [-0.25, -0.2) is 4.98 Å². The van der Waals surface area contributed by atoms with E-state index >= 15 is 0 Å². The maximum absolute atomic E-state index is 5.95. The quantitative estimate of drug-likeness (QED) is 0.848. The topological polar surface area (TPSA) is 52.6 Å². The zero-order chi connectivity index (χ0) is 15.1. The van der Waals surface area contributed by atoms with Gasteiger partial charge in [-0.1, -0.05) is 19.1 Å². The summed E-state index contributed by atoms with van der Waals surface area (Å²) in [5.74, 6) is 2.28. The van der Waals surface area contributed by atoms with Gasteiger partial charge in [0.1, 0.15) is 0 Å². The van der Waals surface area contributed by atoms with Crippen LogP contribution in [0.3, 0.4) is 0 Å². The predicted octanol–water partition coefficient (Wildman–Crippen LogP) is 3.00. The number of ether oxygens (including phenoxy) is 3. The lowest BCUT2D eigenvalue weighted by molar-refractivity contribution is 0.340. The van der Waals surface area contributed by atoms with E-state index in [0.29, 0.717) is 29.7 Å². The van der Waals surface area contributed by atoms with Gasteiger partial charge in [0.2, 0.25) is 11.6 Å². The Hall–Kier alpha value is -2.27. The Morgan fingerprint density at radius 2 is 1.76 bits per heavy atom. The summed E-state index contributed by atoms with van der Waals surface area (Å²) < 4.78 is 16.6. The Kier molecular flexibility index (Phi) is 5.40. The fourth-order valence-electron chi connectivity index (χ4n) is 1.92. The first-order valence-corrected chi connectivity index (χ1v) is 6.83. The Bertz CT molecular complexity index is 565. The van der Waals surface area contributed by atoms with Crippen molar-refractivity contribution < 1.29 is 14.2 Å². The number of methoxy groups -OCH3 is 2. The number of nitrogens with zero attached hydrogens (tertiary/aromatic N) is 1. The molecule has 21 heavy (non-hydrogen) atoms. The van der Waals surface area contributed by atoms with E-state index in [1.807, 2.05) is 30.3 Å². The summed E-state index contributed by atoms with van der Waals surface area (Å²) >= 11 is 0. The van der Waals surface area contributed by atoms with Crippen LogP contribution in [0.2, 0.25) is 0 Å². The monoisotopic (exact) mass is 288 g/mol. The SMILES string of the molecule is CCNCc1cccnc1Oc1c(OC)cccc1OC. The average Bonchev–Trinajstić information content (AvgIpc) is 2.54. The number of rotatable bonds is 7. The van der Waals surface area contributed by atoms with Crippen molar-refractivity contribution in [2.24, 2.45) is 0 Å². The molecule has 1 heterocycles. The first-order valence-electron chi connectivity index (χ1n) is 6.83. The van der Waals surface area contributed by atoms with Crippen LogP contribution < -0.4 is 19.5 Å². The predicted molar refractivity (Wildman–Crippen MR) is 81.2 cm³/mol. The van der Waals surface area contributed by atoms with Gasteiger partial charge in [0, 0.05) is 18.3 Å². The maximum atomic E-state index is 5.95. The molecule has 0 amide bonds. The van der Waals surface area contributed by atoms with Crippen LogP contribution in [0.15, 0.2) is 36.5 Å². The van der Waals surface area contributed by atoms with Gasteiger partial charge >= 0.3 is 0 Å². The van der Waals surface area contributed by atoms with Crippen LogP contribution in [0.5, 0.6) is 23.1 Å². The summed E-state index contributed by atoms with van der Waals surface area (Å²) in [6.07, 6.45) is 1.70. The Morgan fingerprint density at radius 1 is 1.05 bits per heavy atom. The summed E-state index contributed by atoms with van der Waals surface area (Å²) in [4.78, 5) is 4.30. The second-order valence-corrected chi connectivity index (χ2v) is 4.34. The van der Waals surface area contributed by atoms with Crippen molar-refractivity contribution in [3.63, 3.8) is 0 Å². The molecule has 0 aliphatic carbocycles. The molecule has 0 unspecified atom stereocenters. The Balaban J connectivity index is 2.34. The molecule has 5 heteroatoms. The molecule has 112 valence electrons. The Labute approximate surface area is 124 Å². The molecule has 1 aromatic heterocycles. The molecule has 0 fully saturated rings. The lowest BCUT2D eigenvalue weighted by Gasteiger charge is -2.15. The van der Waals surface area contributed by atoms with Crippen molar-refractivity contribution in [3.05, 3.63) is 42.1 Å². The van der Waals surface area contributed by atoms with E-state index in [1.165, 1.54) is 0 Å². The second-order valence-electron chi connectivity index (χ2n) is 4.34. The van der Waals surface area contributed by atoms with Gasteiger partial charge in [0.05, 0.1) is 14.2 Å². The van der Waals surface area contributed by atoms with E-state index in [-0.39, 0.29) is 0 Å². The van der Waals surface area contributed by atoms with Gasteiger partial charge in [-0.05, 0) is 24.7 Å². The number of para-hydroxylation sites is 1. The van der Waals surface area contributed by atoms with E-state index in [4.69, 9.17) is 14.2 Å². The number of pyridine rings is 1. The molecule has 0 aliphatic rings. The van der Waals surface area contributed by atoms with Crippen molar-refractivity contribution in [2.75, 3.05) is 20.8 Å². The minimum absolute atomic E-state index is 0.527. The maximum Gasteiger partial charge on any atom is 0.224 e. The highest BCUT2D eigenvalue weighted by Gasteiger charge is 2.15. The van der Waals surface area contributed by atoms with E-state index in [2.05, 4.69) is 17.2 Å². The first-order chi connectivity index (χ1) is 10.3. The van der Waals surface area contributed by atoms with Crippen molar-refractivity contribution in [1.82, 2.24) is 10.3 Å². The lowest BCUT2D eigenvalue weighted by atomic mass is 10.2. The highest BCUT2D eigenvalue weighted by Crippen LogP contribution is 2.40. The number of benzene rings is 1. The Morgan fingerprint density at radius 3 is 2.38 bits per heavy atom. The zero-order valence-electron chi connectivity index (χ0n) is 12.6. The summed E-state index contributed by atoms with van der Waals surface area (Å²) in [6, 6.07) is 9.36. The van der Waals surface area contributed by atoms with Crippen LogP contribution in [-0.2, 0) is 6.54 Å². The fraction of sp³-hybridized carbons (Fsp3) is 0.312. The molecule has 2 aromatic rings. The minimum Gasteiger partial charge on any atom is -0.493 e. The van der Waals surface area contributed by atoms with Crippen LogP contribution in [0, 0.1) is 0 Å². The normalized spacial score (nSPS) is 10.2. The van der Waals surface area contributed by atoms with Crippen LogP contribution in [0.1, 0.15) is 12.5 Å². The zero-order valence-corrected chi connectivity index (χ0v) is 12.6. The highest BCUT2D eigenvalue weighted by atomic mass is 16.5. The summed E-state index contributed by atoms with van der Waals surface area (Å²) in [6.45, 7) is 3.63. The molecule has 0 saturated carbocycles. The van der Waals surface area contributed by atoms with E-state index < -0.39 is 0 Å². The van der Waals surface area contributed by atoms with Crippen molar-refractivity contribution in [3.8, 4) is 23.1 Å². The van der Waals surface area contributed by atoms with Gasteiger partial charge in [0.15, 0.2) is 11.5 Å². The third-order valence-corrected chi connectivity index (χ3v) is 3.00. The van der Waals surface area contributed by atoms with Crippen molar-refractivity contribution >= 4 is 0 Å². The molecule has 0 saturated heterocycles. The number of hydrogen-bond donors (Lipinski definition) is 1. The van der Waals surface area contributed by atoms with E-state index in [1.54, 1.807) is 20.4 Å².